The van der Waals surface area contributed by atoms with E-state index in [9.17, 15) is 0 Å². The second kappa shape index (κ2) is 19.9. The molecule has 3 aromatic heterocycles. The molecule has 0 aliphatic carbocycles. The van der Waals surface area contributed by atoms with Gasteiger partial charge in [0.15, 0.2) is 0 Å². The molecule has 0 bridgehead atoms. The average molecular weight is 1150 g/mol. The Hall–Kier alpha value is -6.72. The SMILES string of the molecule is CC(C)(C)c1ccnc(-c2[c-]cccc2)c1.CC(C)c1cc(-c2cc(C(C)(C)C)cc(C(C)(C)C)c2)cc(C(C)C)c1-n1c(-c2[c-]ccc3c2oc2cc4c(ccc5ccccc54)cc23)nc2cccc(F)c21.[Ir]. The minimum Gasteiger partial charge on any atom is -0.501 e. The maximum atomic E-state index is 16.5. The van der Waals surface area contributed by atoms with Crippen molar-refractivity contribution in [2.45, 2.75) is 118 Å². The Morgan fingerprint density at radius 2 is 1.20 bits per heavy atom. The first kappa shape index (κ1) is 52.2. The largest absolute Gasteiger partial charge is 0.501 e. The normalized spacial score (nSPS) is 12.3. The van der Waals surface area contributed by atoms with E-state index in [1.807, 2.05) is 42.6 Å². The molecular formula is C68H66FIrN3O-2. The molecule has 0 aliphatic rings. The molecule has 0 spiro atoms. The van der Waals surface area contributed by atoms with Gasteiger partial charge in [-0.3, -0.25) is 4.98 Å². The number of furan rings is 1. The molecule has 0 N–H and O–H groups in total. The molecule has 8 aromatic carbocycles. The Bertz CT molecular complexity index is 3810. The number of rotatable bonds is 6. The van der Waals surface area contributed by atoms with Crippen LogP contribution in [0.5, 0.6) is 0 Å². The molecule has 0 saturated carbocycles. The van der Waals surface area contributed by atoms with Crippen molar-refractivity contribution < 1.29 is 28.9 Å². The van der Waals surface area contributed by atoms with E-state index < -0.39 is 0 Å². The summed E-state index contributed by atoms with van der Waals surface area (Å²) in [5, 5.41) is 6.68. The number of hydrogen-bond acceptors (Lipinski definition) is 3. The van der Waals surface area contributed by atoms with Gasteiger partial charge in [-0.05, 0) is 137 Å². The van der Waals surface area contributed by atoms with E-state index >= 15 is 4.39 Å². The zero-order valence-corrected chi connectivity index (χ0v) is 47.4. The van der Waals surface area contributed by atoms with E-state index in [0.717, 1.165) is 55.2 Å². The molecule has 0 amide bonds. The van der Waals surface area contributed by atoms with Gasteiger partial charge in [-0.25, -0.2) is 4.39 Å². The van der Waals surface area contributed by atoms with Gasteiger partial charge in [0.1, 0.15) is 11.4 Å². The van der Waals surface area contributed by atoms with Crippen LogP contribution in [0.3, 0.4) is 0 Å². The van der Waals surface area contributed by atoms with Crippen molar-refractivity contribution in [3.8, 4) is 39.5 Å². The summed E-state index contributed by atoms with van der Waals surface area (Å²) < 4.78 is 25.4. The van der Waals surface area contributed by atoms with E-state index in [4.69, 9.17) is 9.40 Å². The Balaban J connectivity index is 0.000000338. The predicted octanol–water partition coefficient (Wildman–Crippen LogP) is 19.2. The number of aromatic nitrogens is 3. The van der Waals surface area contributed by atoms with Gasteiger partial charge in [0, 0.05) is 37.4 Å². The van der Waals surface area contributed by atoms with Gasteiger partial charge in [-0.15, -0.1) is 54.1 Å². The standard InChI is InChI=1S/C53H50FN2O.C15H16N.Ir/c1-30(2)41-26-35(34-23-36(52(5,6)7)28-37(24-34)53(8,9)10)27-42(31(3)4)48(41)56-49-45(54)19-14-20-46(49)55-51(56)40-18-13-17-39-44-25-33-22-21-32-15-11-12-16-38(32)43(33)29-47(44)57-50(39)40;1-15(2,3)13-9-10-16-14(11-13)12-7-5-4-6-8-12;/h11-17,19-31H,1-10H3;4-7,9-11H,1-3H3;/q2*-1;. The van der Waals surface area contributed by atoms with Gasteiger partial charge in [0.05, 0.1) is 22.4 Å². The smallest absolute Gasteiger partial charge is 0.148 e. The number of para-hydroxylation sites is 1. The summed E-state index contributed by atoms with van der Waals surface area (Å²) in [6, 6.07) is 57.0. The molecule has 4 nitrogen and oxygen atoms in total. The van der Waals surface area contributed by atoms with Crippen LogP contribution >= 0.6 is 0 Å². The Morgan fingerprint density at radius 1 is 0.554 bits per heavy atom. The first-order valence-electron chi connectivity index (χ1n) is 25.8. The summed E-state index contributed by atoms with van der Waals surface area (Å²) >= 11 is 0. The van der Waals surface area contributed by atoms with Crippen molar-refractivity contribution in [2.24, 2.45) is 0 Å². The third-order valence-corrected chi connectivity index (χ3v) is 14.4. The molecule has 6 heteroatoms. The van der Waals surface area contributed by atoms with Crippen molar-refractivity contribution in [3.05, 3.63) is 198 Å². The minimum absolute atomic E-state index is 0. The Morgan fingerprint density at radius 3 is 1.85 bits per heavy atom. The fourth-order valence-electron chi connectivity index (χ4n) is 10.1. The van der Waals surface area contributed by atoms with Gasteiger partial charge >= 0.3 is 0 Å². The molecule has 0 aliphatic heterocycles. The van der Waals surface area contributed by atoms with Crippen LogP contribution in [0.1, 0.15) is 130 Å². The van der Waals surface area contributed by atoms with E-state index in [2.05, 4.69) is 209 Å². The van der Waals surface area contributed by atoms with Gasteiger partial charge < -0.3 is 14.0 Å². The van der Waals surface area contributed by atoms with Crippen LogP contribution in [0.15, 0.2) is 156 Å². The zero-order chi connectivity index (χ0) is 51.7. The summed E-state index contributed by atoms with van der Waals surface area (Å²) in [6.45, 7) is 29.2. The molecular weight excluding hydrogens is 1090 g/mol. The minimum atomic E-state index is -0.317. The summed E-state index contributed by atoms with van der Waals surface area (Å²) in [7, 11) is 0. The third kappa shape index (κ3) is 9.87. The van der Waals surface area contributed by atoms with Gasteiger partial charge in [-0.1, -0.05) is 168 Å². The summed E-state index contributed by atoms with van der Waals surface area (Å²) in [4.78, 5) is 9.62. The number of imidazole rings is 1. The van der Waals surface area contributed by atoms with Crippen molar-refractivity contribution >= 4 is 54.5 Å². The van der Waals surface area contributed by atoms with Gasteiger partial charge in [-0.2, -0.15) is 0 Å². The number of benzene rings is 8. The molecule has 0 fully saturated rings. The molecule has 0 atom stereocenters. The monoisotopic (exact) mass is 1150 g/mol. The molecule has 377 valence electrons. The molecule has 1 radical (unpaired) electrons. The first-order chi connectivity index (χ1) is 34.7. The molecule has 11 aromatic rings. The van der Waals surface area contributed by atoms with E-state index in [1.165, 1.54) is 44.7 Å². The number of nitrogens with zero attached hydrogens (tertiary/aromatic N) is 3. The molecule has 74 heavy (non-hydrogen) atoms. The van der Waals surface area contributed by atoms with Crippen LogP contribution in [0.2, 0.25) is 0 Å². The van der Waals surface area contributed by atoms with Crippen molar-refractivity contribution in [2.75, 3.05) is 0 Å². The number of fused-ring (bicyclic) bond motifs is 7. The van der Waals surface area contributed by atoms with Crippen LogP contribution in [-0.2, 0) is 36.4 Å². The number of halogens is 1. The van der Waals surface area contributed by atoms with Crippen LogP contribution in [0.25, 0.3) is 94.0 Å². The maximum absolute atomic E-state index is 16.5. The quantitative estimate of drug-likeness (QED) is 0.123. The van der Waals surface area contributed by atoms with Crippen molar-refractivity contribution in [1.29, 1.82) is 0 Å². The Kier molecular flexibility index (Phi) is 14.0. The Labute approximate surface area is 450 Å². The second-order valence-corrected chi connectivity index (χ2v) is 23.5. The maximum Gasteiger partial charge on any atom is 0.148 e. The zero-order valence-electron chi connectivity index (χ0n) is 45.0. The fraction of sp³-hybridized carbons (Fsp3) is 0.265. The first-order valence-corrected chi connectivity index (χ1v) is 25.8. The number of hydrogen-bond donors (Lipinski definition) is 0. The van der Waals surface area contributed by atoms with Gasteiger partial charge in [0.25, 0.3) is 0 Å². The summed E-state index contributed by atoms with van der Waals surface area (Å²) in [5.74, 6) is 0.532. The topological polar surface area (TPSA) is 43.9 Å². The molecule has 0 unspecified atom stereocenters. The van der Waals surface area contributed by atoms with E-state index in [0.29, 0.717) is 28.0 Å². The van der Waals surface area contributed by atoms with Crippen LogP contribution in [-0.4, -0.2) is 14.5 Å². The van der Waals surface area contributed by atoms with Crippen LogP contribution in [0, 0.1) is 17.9 Å². The third-order valence-electron chi connectivity index (χ3n) is 14.4. The summed E-state index contributed by atoms with van der Waals surface area (Å²) in [5.41, 5.74) is 14.9. The number of pyridine rings is 1. The average Bonchev–Trinajstić information content (AvgIpc) is 3.94. The van der Waals surface area contributed by atoms with Crippen LogP contribution < -0.4 is 0 Å². The van der Waals surface area contributed by atoms with Gasteiger partial charge in [0.2, 0.25) is 0 Å². The van der Waals surface area contributed by atoms with Crippen molar-refractivity contribution in [1.82, 2.24) is 14.5 Å². The van der Waals surface area contributed by atoms with Crippen LogP contribution in [0.4, 0.5) is 4.39 Å². The second-order valence-electron chi connectivity index (χ2n) is 23.5. The van der Waals surface area contributed by atoms with Crippen molar-refractivity contribution in [3.63, 3.8) is 0 Å². The molecule has 11 rings (SSSR count). The molecule has 0 saturated heterocycles. The summed E-state index contributed by atoms with van der Waals surface area (Å²) in [6.07, 6.45) is 1.87. The van der Waals surface area contributed by atoms with E-state index in [-0.39, 0.29) is 54.0 Å². The fourth-order valence-corrected chi connectivity index (χ4v) is 10.1. The van der Waals surface area contributed by atoms with E-state index in [1.54, 1.807) is 6.07 Å². The molecule has 3 heterocycles. The predicted molar refractivity (Wildman–Crippen MR) is 306 cm³/mol.